The van der Waals surface area contributed by atoms with Crippen LogP contribution in [0.5, 0.6) is 0 Å². The number of carbonyl (C=O) groups is 2. The standard InChI is InChI=1S/C20H20N4O4/c1-2-18-22-20(23-28-18)14-5-6-16-12(7-14)3-4-13(16)8-17(25)15-9-21-24(10-15)11-19(26)27/h5-7,9-10,13H,2-4,8,11H2,1H3,(H,26,27)/t13-/m0/s1. The summed E-state index contributed by atoms with van der Waals surface area (Å²) in [6.07, 6.45) is 5.82. The number of fused-ring (bicyclic) bond motifs is 1. The summed E-state index contributed by atoms with van der Waals surface area (Å²) in [5, 5.41) is 16.8. The number of carboxylic acids is 1. The summed E-state index contributed by atoms with van der Waals surface area (Å²) in [5.41, 5.74) is 3.75. The molecule has 8 heteroatoms. The monoisotopic (exact) mass is 380 g/mol. The first kappa shape index (κ1) is 18.1. The van der Waals surface area contributed by atoms with Crippen LogP contribution in [0.25, 0.3) is 11.4 Å². The highest BCUT2D eigenvalue weighted by molar-refractivity contribution is 5.96. The van der Waals surface area contributed by atoms with Crippen LogP contribution in [0.15, 0.2) is 35.1 Å². The average molecular weight is 380 g/mol. The Balaban J connectivity index is 1.48. The van der Waals surface area contributed by atoms with Crippen molar-refractivity contribution in [3.8, 4) is 11.4 Å². The molecule has 2 aromatic heterocycles. The van der Waals surface area contributed by atoms with Gasteiger partial charge in [-0.05, 0) is 36.0 Å². The highest BCUT2D eigenvalue weighted by Gasteiger charge is 2.26. The van der Waals surface area contributed by atoms with Crippen molar-refractivity contribution in [2.45, 2.75) is 45.1 Å². The number of carboxylic acid groups (broad SMARTS) is 1. The molecule has 3 aromatic rings. The minimum absolute atomic E-state index is 0.0238. The van der Waals surface area contributed by atoms with Crippen LogP contribution >= 0.6 is 0 Å². The molecular weight excluding hydrogens is 360 g/mol. The van der Waals surface area contributed by atoms with E-state index < -0.39 is 5.97 Å². The number of Topliss-reactive ketones (excluding diaryl/α,β-unsaturated/α-hetero) is 1. The Bertz CT molecular complexity index is 1040. The van der Waals surface area contributed by atoms with E-state index in [1.54, 1.807) is 0 Å². The van der Waals surface area contributed by atoms with E-state index in [1.165, 1.54) is 28.2 Å². The zero-order valence-electron chi connectivity index (χ0n) is 15.5. The van der Waals surface area contributed by atoms with Gasteiger partial charge in [-0.2, -0.15) is 10.1 Å². The lowest BCUT2D eigenvalue weighted by Gasteiger charge is -2.10. The van der Waals surface area contributed by atoms with E-state index in [-0.39, 0.29) is 18.2 Å². The van der Waals surface area contributed by atoms with Crippen LogP contribution in [-0.4, -0.2) is 36.8 Å². The smallest absolute Gasteiger partial charge is 0.325 e. The second-order valence-corrected chi connectivity index (χ2v) is 6.96. The maximum Gasteiger partial charge on any atom is 0.325 e. The highest BCUT2D eigenvalue weighted by atomic mass is 16.5. The summed E-state index contributed by atoms with van der Waals surface area (Å²) in [6, 6.07) is 6.09. The lowest BCUT2D eigenvalue weighted by atomic mass is 9.93. The summed E-state index contributed by atoms with van der Waals surface area (Å²) in [4.78, 5) is 27.7. The van der Waals surface area contributed by atoms with Crippen LogP contribution in [0.3, 0.4) is 0 Å². The number of ketones is 1. The average Bonchev–Trinajstić information content (AvgIpc) is 3.40. The Morgan fingerprint density at radius 2 is 2.21 bits per heavy atom. The molecule has 0 bridgehead atoms. The van der Waals surface area contributed by atoms with Crippen molar-refractivity contribution >= 4 is 11.8 Å². The minimum atomic E-state index is -0.990. The van der Waals surface area contributed by atoms with Crippen molar-refractivity contribution in [2.24, 2.45) is 0 Å². The summed E-state index contributed by atoms with van der Waals surface area (Å²) in [6.45, 7) is 1.71. The van der Waals surface area contributed by atoms with Gasteiger partial charge in [0.25, 0.3) is 0 Å². The molecule has 0 unspecified atom stereocenters. The molecule has 2 heterocycles. The number of aryl methyl sites for hydroxylation is 2. The zero-order valence-corrected chi connectivity index (χ0v) is 15.5. The van der Waals surface area contributed by atoms with Crippen molar-refractivity contribution in [3.05, 3.63) is 53.2 Å². The fourth-order valence-electron chi connectivity index (χ4n) is 3.65. The fraction of sp³-hybridized carbons (Fsp3) is 0.350. The van der Waals surface area contributed by atoms with Crippen molar-refractivity contribution in [1.29, 1.82) is 0 Å². The molecule has 0 radical (unpaired) electrons. The largest absolute Gasteiger partial charge is 0.480 e. The Labute approximate surface area is 161 Å². The van der Waals surface area contributed by atoms with Crippen LogP contribution in [-0.2, 0) is 24.2 Å². The van der Waals surface area contributed by atoms with Crippen LogP contribution < -0.4 is 0 Å². The molecule has 0 amide bonds. The van der Waals surface area contributed by atoms with Gasteiger partial charge in [-0.1, -0.05) is 24.2 Å². The van der Waals surface area contributed by atoms with Gasteiger partial charge in [0, 0.05) is 24.6 Å². The summed E-state index contributed by atoms with van der Waals surface area (Å²) in [7, 11) is 0. The third-order valence-corrected chi connectivity index (χ3v) is 5.06. The van der Waals surface area contributed by atoms with Gasteiger partial charge >= 0.3 is 5.97 Å². The van der Waals surface area contributed by atoms with Gasteiger partial charge in [-0.25, -0.2) is 0 Å². The number of carbonyl (C=O) groups excluding carboxylic acids is 1. The molecule has 8 nitrogen and oxygen atoms in total. The number of rotatable bonds is 7. The number of hydrogen-bond donors (Lipinski definition) is 1. The number of aliphatic carboxylic acids is 1. The second kappa shape index (κ2) is 7.38. The highest BCUT2D eigenvalue weighted by Crippen LogP contribution is 2.38. The lowest BCUT2D eigenvalue weighted by Crippen LogP contribution is -2.09. The van der Waals surface area contributed by atoms with Crippen molar-refractivity contribution in [2.75, 3.05) is 0 Å². The predicted molar refractivity (Wildman–Crippen MR) is 99.0 cm³/mol. The molecule has 0 saturated heterocycles. The molecule has 1 aromatic carbocycles. The van der Waals surface area contributed by atoms with E-state index in [2.05, 4.69) is 21.3 Å². The summed E-state index contributed by atoms with van der Waals surface area (Å²) < 4.78 is 6.45. The lowest BCUT2D eigenvalue weighted by molar-refractivity contribution is -0.137. The maximum absolute atomic E-state index is 12.6. The Hall–Kier alpha value is -3.29. The molecule has 1 aliphatic carbocycles. The topological polar surface area (TPSA) is 111 Å². The number of hydrogen-bond acceptors (Lipinski definition) is 6. The van der Waals surface area contributed by atoms with Crippen LogP contribution in [0.1, 0.15) is 53.1 Å². The molecule has 1 N–H and O–H groups in total. The third kappa shape index (κ3) is 3.58. The van der Waals surface area contributed by atoms with Gasteiger partial charge in [0.2, 0.25) is 11.7 Å². The molecule has 4 rings (SSSR count). The molecule has 0 aliphatic heterocycles. The molecule has 1 aliphatic rings. The zero-order chi connectivity index (χ0) is 19.7. The Morgan fingerprint density at radius 3 is 2.96 bits per heavy atom. The Kier molecular flexibility index (Phi) is 4.77. The first-order valence-corrected chi connectivity index (χ1v) is 9.26. The van der Waals surface area contributed by atoms with Gasteiger partial charge in [0.05, 0.1) is 11.8 Å². The first-order valence-electron chi connectivity index (χ1n) is 9.26. The van der Waals surface area contributed by atoms with E-state index in [0.29, 0.717) is 30.1 Å². The molecule has 144 valence electrons. The minimum Gasteiger partial charge on any atom is -0.480 e. The number of aromatic nitrogens is 4. The first-order chi connectivity index (χ1) is 13.5. The molecule has 0 fully saturated rings. The van der Waals surface area contributed by atoms with Crippen LogP contribution in [0.2, 0.25) is 0 Å². The van der Waals surface area contributed by atoms with Crippen LogP contribution in [0, 0.1) is 0 Å². The van der Waals surface area contributed by atoms with E-state index in [4.69, 9.17) is 9.63 Å². The van der Waals surface area contributed by atoms with Gasteiger partial charge < -0.3 is 9.63 Å². The van der Waals surface area contributed by atoms with Crippen molar-refractivity contribution in [1.82, 2.24) is 19.9 Å². The van der Waals surface area contributed by atoms with Gasteiger partial charge in [-0.15, -0.1) is 0 Å². The molecule has 0 saturated carbocycles. The summed E-state index contributed by atoms with van der Waals surface area (Å²) >= 11 is 0. The van der Waals surface area contributed by atoms with Gasteiger partial charge in [-0.3, -0.25) is 14.3 Å². The fourth-order valence-corrected chi connectivity index (χ4v) is 3.65. The van der Waals surface area contributed by atoms with Gasteiger partial charge in [0.15, 0.2) is 5.78 Å². The predicted octanol–water partition coefficient (Wildman–Crippen LogP) is 2.88. The SMILES string of the molecule is CCc1nc(-c2ccc3c(c2)CC[C@H]3CC(=O)c2cnn(CC(=O)O)c2)no1. The van der Waals surface area contributed by atoms with E-state index in [9.17, 15) is 9.59 Å². The molecule has 1 atom stereocenters. The maximum atomic E-state index is 12.6. The van der Waals surface area contributed by atoms with Gasteiger partial charge in [0.1, 0.15) is 6.54 Å². The van der Waals surface area contributed by atoms with E-state index in [1.807, 2.05) is 19.1 Å². The number of nitrogens with zero attached hydrogens (tertiary/aromatic N) is 4. The molecule has 0 spiro atoms. The van der Waals surface area contributed by atoms with E-state index in [0.717, 1.165) is 18.4 Å². The van der Waals surface area contributed by atoms with Crippen molar-refractivity contribution < 1.29 is 19.2 Å². The second-order valence-electron chi connectivity index (χ2n) is 6.96. The van der Waals surface area contributed by atoms with E-state index >= 15 is 0 Å². The third-order valence-electron chi connectivity index (χ3n) is 5.06. The van der Waals surface area contributed by atoms with Crippen LogP contribution in [0.4, 0.5) is 0 Å². The Morgan fingerprint density at radius 1 is 1.36 bits per heavy atom. The normalized spacial score (nSPS) is 15.5. The van der Waals surface area contributed by atoms with Crippen molar-refractivity contribution in [3.63, 3.8) is 0 Å². The molecule has 28 heavy (non-hydrogen) atoms. The number of benzene rings is 1. The quantitative estimate of drug-likeness (QED) is 0.627. The summed E-state index contributed by atoms with van der Waals surface area (Å²) in [5.74, 6) is 0.336. The molecular formula is C20H20N4O4.